The summed E-state index contributed by atoms with van der Waals surface area (Å²) in [5.41, 5.74) is 5.22. The van der Waals surface area contributed by atoms with Crippen molar-refractivity contribution < 1.29 is 9.53 Å². The van der Waals surface area contributed by atoms with Gasteiger partial charge in [-0.1, -0.05) is 103 Å². The van der Waals surface area contributed by atoms with Gasteiger partial charge in [0.15, 0.2) is 0 Å². The van der Waals surface area contributed by atoms with Crippen LogP contribution in [-0.4, -0.2) is 15.9 Å². The van der Waals surface area contributed by atoms with Crippen LogP contribution in [0.25, 0.3) is 22.4 Å². The van der Waals surface area contributed by atoms with Crippen molar-refractivity contribution in [2.45, 2.75) is 38.7 Å². The highest BCUT2D eigenvalue weighted by Crippen LogP contribution is 2.30. The number of allylic oxidation sites excluding steroid dienone is 1. The third-order valence-electron chi connectivity index (χ3n) is 5.72. The van der Waals surface area contributed by atoms with E-state index in [4.69, 9.17) is 9.72 Å². The number of carbonyl (C=O) groups is 1. The molecule has 0 aliphatic rings. The Bertz CT molecular complexity index is 1220. The minimum atomic E-state index is -0.297. The molecule has 176 valence electrons. The molecule has 4 heteroatoms. The minimum absolute atomic E-state index is 0.297. The molecule has 35 heavy (non-hydrogen) atoms. The van der Waals surface area contributed by atoms with Crippen molar-refractivity contribution in [3.05, 3.63) is 121 Å². The van der Waals surface area contributed by atoms with E-state index in [-0.39, 0.29) is 5.97 Å². The number of hydrogen-bond acceptors (Lipinski definition) is 4. The molecule has 0 radical (unpaired) electrons. The van der Waals surface area contributed by atoms with E-state index >= 15 is 0 Å². The predicted octanol–water partition coefficient (Wildman–Crippen LogP) is 7.21. The number of aromatic nitrogens is 2. The highest BCUT2D eigenvalue weighted by Gasteiger charge is 2.11. The first-order valence-corrected chi connectivity index (χ1v) is 12.1. The second-order valence-electron chi connectivity index (χ2n) is 8.38. The first-order chi connectivity index (χ1) is 17.3. The van der Waals surface area contributed by atoms with Crippen molar-refractivity contribution in [1.29, 1.82) is 0 Å². The van der Waals surface area contributed by atoms with Crippen molar-refractivity contribution in [2.75, 3.05) is 0 Å². The Balaban J connectivity index is 1.25. The van der Waals surface area contributed by atoms with Crippen molar-refractivity contribution in [1.82, 2.24) is 9.97 Å². The lowest BCUT2D eigenvalue weighted by molar-refractivity contribution is -0.139. The third kappa shape index (κ3) is 7.47. The van der Waals surface area contributed by atoms with E-state index in [9.17, 15) is 4.79 Å². The van der Waals surface area contributed by atoms with Gasteiger partial charge >= 0.3 is 5.97 Å². The third-order valence-corrected chi connectivity index (χ3v) is 5.72. The van der Waals surface area contributed by atoms with Gasteiger partial charge < -0.3 is 4.74 Å². The SMILES string of the molecule is O=C(/C=C/CCCCCc1ncc(-c2ccccc2)c(-c2ccccc2)n1)OCc1ccccc1. The average Bonchev–Trinajstić information content (AvgIpc) is 2.93. The Morgan fingerprint density at radius 2 is 1.43 bits per heavy atom. The lowest BCUT2D eigenvalue weighted by Gasteiger charge is -2.11. The summed E-state index contributed by atoms with van der Waals surface area (Å²) in [6.07, 6.45) is 10.1. The number of carbonyl (C=O) groups excluding carboxylic acids is 1. The molecular formula is C31H30N2O2. The topological polar surface area (TPSA) is 52.1 Å². The van der Waals surface area contributed by atoms with E-state index < -0.39 is 0 Å². The molecule has 0 aliphatic carbocycles. The summed E-state index contributed by atoms with van der Waals surface area (Å²) in [5, 5.41) is 0. The lowest BCUT2D eigenvalue weighted by Crippen LogP contribution is -2.00. The van der Waals surface area contributed by atoms with Crippen molar-refractivity contribution in [3.63, 3.8) is 0 Å². The van der Waals surface area contributed by atoms with Crippen molar-refractivity contribution in [2.24, 2.45) is 0 Å². The molecular weight excluding hydrogens is 432 g/mol. The Morgan fingerprint density at radius 1 is 0.771 bits per heavy atom. The highest BCUT2D eigenvalue weighted by molar-refractivity contribution is 5.82. The van der Waals surface area contributed by atoms with Crippen LogP contribution in [0.3, 0.4) is 0 Å². The standard InChI is InChI=1S/C31H30N2O2/c34-30(35-24-25-15-7-4-8-16-25)22-14-3-1-2-13-21-29-32-23-28(26-17-9-5-10-18-26)31(33-29)27-19-11-6-12-20-27/h4-12,14-20,22-23H,1-3,13,21,24H2/b22-14+. The van der Waals surface area contributed by atoms with Crippen LogP contribution in [0.2, 0.25) is 0 Å². The van der Waals surface area contributed by atoms with Crippen LogP contribution in [0.1, 0.15) is 37.1 Å². The summed E-state index contributed by atoms with van der Waals surface area (Å²) in [5.74, 6) is 0.567. The number of aryl methyl sites for hydroxylation is 1. The summed E-state index contributed by atoms with van der Waals surface area (Å²) in [4.78, 5) is 21.4. The number of nitrogens with zero attached hydrogens (tertiary/aromatic N) is 2. The molecule has 0 aliphatic heterocycles. The van der Waals surface area contributed by atoms with Crippen LogP contribution in [0.4, 0.5) is 0 Å². The smallest absolute Gasteiger partial charge is 0.330 e. The molecule has 0 saturated carbocycles. The minimum Gasteiger partial charge on any atom is -0.458 e. The zero-order chi connectivity index (χ0) is 24.1. The molecule has 4 rings (SSSR count). The molecule has 0 N–H and O–H groups in total. The first-order valence-electron chi connectivity index (χ1n) is 12.1. The number of ether oxygens (including phenoxy) is 1. The van der Waals surface area contributed by atoms with E-state index in [2.05, 4.69) is 29.2 Å². The maximum absolute atomic E-state index is 11.8. The normalized spacial score (nSPS) is 11.0. The van der Waals surface area contributed by atoms with E-state index in [1.807, 2.05) is 79.0 Å². The fourth-order valence-corrected chi connectivity index (χ4v) is 3.86. The van der Waals surface area contributed by atoms with Gasteiger partial charge in [-0.25, -0.2) is 14.8 Å². The van der Waals surface area contributed by atoms with Crippen LogP contribution < -0.4 is 0 Å². The van der Waals surface area contributed by atoms with Crippen molar-refractivity contribution >= 4 is 5.97 Å². The highest BCUT2D eigenvalue weighted by atomic mass is 16.5. The lowest BCUT2D eigenvalue weighted by atomic mass is 10.0. The molecule has 0 bridgehead atoms. The number of esters is 1. The molecule has 0 unspecified atom stereocenters. The van der Waals surface area contributed by atoms with Gasteiger partial charge in [-0.2, -0.15) is 0 Å². The molecule has 0 saturated heterocycles. The zero-order valence-electron chi connectivity index (χ0n) is 19.8. The molecule has 0 atom stereocenters. The molecule has 0 amide bonds. The van der Waals surface area contributed by atoms with Crippen LogP contribution in [-0.2, 0) is 22.6 Å². The van der Waals surface area contributed by atoms with Gasteiger partial charge in [0.05, 0.1) is 5.69 Å². The number of unbranched alkanes of at least 4 members (excludes halogenated alkanes) is 3. The maximum atomic E-state index is 11.8. The average molecular weight is 463 g/mol. The van der Waals surface area contributed by atoms with Crippen LogP contribution in [0.5, 0.6) is 0 Å². The molecule has 4 aromatic rings. The van der Waals surface area contributed by atoms with Crippen molar-refractivity contribution in [3.8, 4) is 22.4 Å². The number of benzene rings is 3. The summed E-state index contributed by atoms with van der Waals surface area (Å²) in [7, 11) is 0. The quantitative estimate of drug-likeness (QED) is 0.134. The van der Waals surface area contributed by atoms with Gasteiger partial charge in [0, 0.05) is 29.8 Å². The van der Waals surface area contributed by atoms with Gasteiger partial charge in [-0.05, 0) is 30.4 Å². The Hall–Kier alpha value is -4.05. The van der Waals surface area contributed by atoms with E-state index in [0.29, 0.717) is 6.61 Å². The van der Waals surface area contributed by atoms with Crippen LogP contribution in [0.15, 0.2) is 109 Å². The summed E-state index contributed by atoms with van der Waals surface area (Å²) < 4.78 is 5.26. The monoisotopic (exact) mass is 462 g/mol. The van der Waals surface area contributed by atoms with Crippen LogP contribution in [0, 0.1) is 0 Å². The molecule has 3 aromatic carbocycles. The van der Waals surface area contributed by atoms with E-state index in [1.165, 1.54) is 6.08 Å². The van der Waals surface area contributed by atoms with Gasteiger partial charge in [-0.15, -0.1) is 0 Å². The Morgan fingerprint density at radius 3 is 2.14 bits per heavy atom. The second kappa shape index (κ2) is 13.0. The van der Waals surface area contributed by atoms with Gasteiger partial charge in [0.1, 0.15) is 12.4 Å². The van der Waals surface area contributed by atoms with E-state index in [1.54, 1.807) is 0 Å². The van der Waals surface area contributed by atoms with Gasteiger partial charge in [0.2, 0.25) is 0 Å². The Labute approximate surface area is 207 Å². The largest absolute Gasteiger partial charge is 0.458 e. The van der Waals surface area contributed by atoms with Gasteiger partial charge in [-0.3, -0.25) is 0 Å². The second-order valence-corrected chi connectivity index (χ2v) is 8.38. The molecule has 4 nitrogen and oxygen atoms in total. The fraction of sp³-hybridized carbons (Fsp3) is 0.194. The van der Waals surface area contributed by atoms with Gasteiger partial charge in [0.25, 0.3) is 0 Å². The van der Waals surface area contributed by atoms with Crippen LogP contribution >= 0.6 is 0 Å². The fourth-order valence-electron chi connectivity index (χ4n) is 3.86. The zero-order valence-corrected chi connectivity index (χ0v) is 19.8. The molecule has 1 heterocycles. The number of rotatable bonds is 11. The molecule has 1 aromatic heterocycles. The maximum Gasteiger partial charge on any atom is 0.330 e. The molecule has 0 spiro atoms. The summed E-state index contributed by atoms with van der Waals surface area (Å²) in [6.45, 7) is 0.304. The predicted molar refractivity (Wildman–Crippen MR) is 140 cm³/mol. The summed E-state index contributed by atoms with van der Waals surface area (Å²) >= 11 is 0. The van der Waals surface area contributed by atoms with E-state index in [0.717, 1.165) is 65.9 Å². The first kappa shape index (κ1) is 24.1. The molecule has 0 fully saturated rings. The summed E-state index contributed by atoms with van der Waals surface area (Å²) in [6, 6.07) is 30.3. The number of hydrogen-bond donors (Lipinski definition) is 0. The Kier molecular flexibility index (Phi) is 8.94.